The van der Waals surface area contributed by atoms with Crippen LogP contribution in [0.15, 0.2) is 18.2 Å². The molecule has 3 aliphatic carbocycles. The van der Waals surface area contributed by atoms with Gasteiger partial charge in [0.15, 0.2) is 0 Å². The molecule has 1 aliphatic heterocycles. The number of hydrogen-bond acceptors (Lipinski definition) is 6. The Morgan fingerprint density at radius 2 is 1.61 bits per heavy atom. The summed E-state index contributed by atoms with van der Waals surface area (Å²) < 4.78 is 86.3. The van der Waals surface area contributed by atoms with Crippen molar-refractivity contribution in [3.05, 3.63) is 29.3 Å². The van der Waals surface area contributed by atoms with E-state index < -0.39 is 41.9 Å². The first-order valence-corrected chi connectivity index (χ1v) is 20.5. The van der Waals surface area contributed by atoms with Crippen molar-refractivity contribution >= 4 is 29.4 Å². The lowest BCUT2D eigenvalue weighted by molar-refractivity contribution is -0.284. The van der Waals surface area contributed by atoms with Crippen LogP contribution >= 0.6 is 12.4 Å². The molecule has 0 aromatic heterocycles. The van der Waals surface area contributed by atoms with Crippen molar-refractivity contribution < 1.29 is 45.5 Å². The highest BCUT2D eigenvalue weighted by Gasteiger charge is 2.57. The Hall–Kier alpha value is -1.50. The van der Waals surface area contributed by atoms with E-state index in [2.05, 4.69) is 18.3 Å². The average Bonchev–Trinajstić information content (AvgIpc) is 3.37. The molecule has 1 saturated heterocycles. The van der Waals surface area contributed by atoms with Crippen LogP contribution in [0.1, 0.15) is 127 Å². The van der Waals surface area contributed by atoms with Crippen LogP contribution in [0.4, 0.5) is 26.7 Å². The van der Waals surface area contributed by atoms with E-state index in [4.69, 9.17) is 9.47 Å². The molecule has 0 bridgehead atoms. The van der Waals surface area contributed by atoms with Crippen molar-refractivity contribution in [2.45, 2.75) is 146 Å². The van der Waals surface area contributed by atoms with Crippen molar-refractivity contribution in [2.24, 2.45) is 23.2 Å². The van der Waals surface area contributed by atoms with Gasteiger partial charge >= 0.3 is 18.3 Å². The smallest absolute Gasteiger partial charge is 0.431 e. The van der Waals surface area contributed by atoms with Crippen LogP contribution in [0, 0.1) is 23.2 Å². The third kappa shape index (κ3) is 10.8. The zero-order valence-electron chi connectivity index (χ0n) is 29.8. The molecular formula is C38H57ClF5NO5S. The van der Waals surface area contributed by atoms with Crippen LogP contribution in [-0.4, -0.2) is 64.4 Å². The monoisotopic (exact) mass is 769 g/mol. The van der Waals surface area contributed by atoms with Gasteiger partial charge in [-0.3, -0.25) is 4.21 Å². The number of alkyl halides is 5. The molecule has 292 valence electrons. The Labute approximate surface area is 308 Å². The first-order chi connectivity index (χ1) is 23.8. The van der Waals surface area contributed by atoms with E-state index in [1.165, 1.54) is 11.1 Å². The van der Waals surface area contributed by atoms with E-state index in [9.17, 15) is 36.1 Å². The lowest BCUT2D eigenvalue weighted by atomic mass is 9.52. The Morgan fingerprint density at radius 1 is 0.941 bits per heavy atom. The van der Waals surface area contributed by atoms with Gasteiger partial charge in [-0.05, 0) is 130 Å². The lowest BCUT2D eigenvalue weighted by Gasteiger charge is -2.53. The van der Waals surface area contributed by atoms with Gasteiger partial charge in [-0.25, -0.2) is 4.79 Å². The number of piperidine rings is 1. The predicted molar refractivity (Wildman–Crippen MR) is 191 cm³/mol. The molecule has 5 rings (SSSR count). The van der Waals surface area contributed by atoms with Gasteiger partial charge in [-0.2, -0.15) is 22.0 Å². The van der Waals surface area contributed by atoms with Crippen molar-refractivity contribution in [3.8, 4) is 5.75 Å². The highest BCUT2D eigenvalue weighted by atomic mass is 35.5. The van der Waals surface area contributed by atoms with Gasteiger partial charge in [-0.15, -0.1) is 12.4 Å². The number of carbonyl (C=O) groups is 1. The van der Waals surface area contributed by atoms with Gasteiger partial charge in [0.1, 0.15) is 11.9 Å². The zero-order valence-corrected chi connectivity index (χ0v) is 31.5. The van der Waals surface area contributed by atoms with Crippen LogP contribution < -0.4 is 10.1 Å². The molecule has 13 heteroatoms. The number of rotatable bonds is 16. The van der Waals surface area contributed by atoms with Crippen molar-refractivity contribution in [2.75, 3.05) is 24.6 Å². The van der Waals surface area contributed by atoms with E-state index in [0.717, 1.165) is 103 Å². The van der Waals surface area contributed by atoms with Crippen molar-refractivity contribution in [1.82, 2.24) is 5.32 Å². The fourth-order valence-electron chi connectivity index (χ4n) is 9.51. The van der Waals surface area contributed by atoms with Gasteiger partial charge in [0.05, 0.1) is 6.10 Å². The summed E-state index contributed by atoms with van der Waals surface area (Å²) in [6.45, 7) is 3.96. The summed E-state index contributed by atoms with van der Waals surface area (Å²) in [5.74, 6) is -2.03. The molecule has 0 spiro atoms. The molecule has 1 unspecified atom stereocenters. The number of carbonyl (C=O) groups excluding carboxylic acids is 1. The number of benzene rings is 1. The summed E-state index contributed by atoms with van der Waals surface area (Å²) in [4.78, 5) is 12.6. The average molecular weight is 770 g/mol. The molecule has 7 atom stereocenters. The molecule has 1 heterocycles. The molecule has 3 fully saturated rings. The number of halogens is 6. The van der Waals surface area contributed by atoms with Crippen LogP contribution in [-0.2, 0) is 22.0 Å². The molecular weight excluding hydrogens is 713 g/mol. The van der Waals surface area contributed by atoms with Crippen LogP contribution in [0.5, 0.6) is 5.75 Å². The van der Waals surface area contributed by atoms with Crippen molar-refractivity contribution in [3.63, 3.8) is 0 Å². The maximum atomic E-state index is 13.0. The van der Waals surface area contributed by atoms with Gasteiger partial charge in [0.2, 0.25) is 0 Å². The standard InChI is InChI=1S/C38H56F5NO5S.ClH/c1-36-19-15-31-30-12-11-29(49-35(46)48-28-16-20-44-21-17-28)25-27(30)24-26(34(31)32(36)13-14-33(36)45)10-7-5-3-2-4-6-8-22-50(47)23-9-18-37(39,40)38(41,42)43;/h11-12,25-26,28,31-34,44-45H,2-10,13-24H2,1H3;1H/t26-,31-,32+,33+,34-,36+,50?;/m1./s1. The van der Waals surface area contributed by atoms with E-state index >= 15 is 0 Å². The lowest BCUT2D eigenvalue weighted by Crippen LogP contribution is -2.47. The molecule has 2 N–H and O–H groups in total. The highest BCUT2D eigenvalue weighted by Crippen LogP contribution is 2.62. The van der Waals surface area contributed by atoms with Gasteiger partial charge in [0.25, 0.3) is 0 Å². The highest BCUT2D eigenvalue weighted by molar-refractivity contribution is 7.84. The van der Waals surface area contributed by atoms with E-state index in [0.29, 0.717) is 41.6 Å². The SMILES string of the molecule is C[C@]12CC[C@@H]3c4ccc(OC(=O)OC5CCNCC5)cc4C[C@@H](CCCCCCCCCS(=O)CCCC(F)(F)C(F)(F)F)[C@H]3[C@@H]1CC[C@@H]2O.Cl. The summed E-state index contributed by atoms with van der Waals surface area (Å²) in [5, 5.41) is 14.3. The minimum Gasteiger partial charge on any atom is -0.431 e. The zero-order chi connectivity index (χ0) is 35.9. The number of aliphatic hydroxyl groups excluding tert-OH is 1. The number of aliphatic hydroxyl groups is 1. The fourth-order valence-corrected chi connectivity index (χ4v) is 10.7. The van der Waals surface area contributed by atoms with E-state index in [-0.39, 0.29) is 35.8 Å². The second-order valence-electron chi connectivity index (χ2n) is 15.6. The Kier molecular flexibility index (Phi) is 15.5. The third-order valence-corrected chi connectivity index (χ3v) is 13.8. The number of ether oxygens (including phenoxy) is 2. The minimum atomic E-state index is -5.56. The molecule has 2 saturated carbocycles. The Balaban J connectivity index is 0.00000583. The number of unbranched alkanes of at least 4 members (excludes halogenated alkanes) is 6. The Bertz CT molecular complexity index is 1300. The van der Waals surface area contributed by atoms with Crippen LogP contribution in [0.3, 0.4) is 0 Å². The molecule has 51 heavy (non-hydrogen) atoms. The summed E-state index contributed by atoms with van der Waals surface area (Å²) in [5.41, 5.74) is 2.60. The minimum absolute atomic E-state index is 0. The largest absolute Gasteiger partial charge is 0.514 e. The summed E-state index contributed by atoms with van der Waals surface area (Å²) in [6.07, 6.45) is 6.23. The first kappa shape index (κ1) is 42.2. The van der Waals surface area contributed by atoms with Gasteiger partial charge in [-0.1, -0.05) is 51.5 Å². The summed E-state index contributed by atoms with van der Waals surface area (Å²) >= 11 is 0. The quantitative estimate of drug-likeness (QED) is 0.0754. The number of hydrogen-bond donors (Lipinski definition) is 2. The number of nitrogens with one attached hydrogen (secondary N) is 1. The van der Waals surface area contributed by atoms with Crippen LogP contribution in [0.25, 0.3) is 0 Å². The second-order valence-corrected chi connectivity index (χ2v) is 17.3. The summed E-state index contributed by atoms with van der Waals surface area (Å²) in [7, 11) is -1.38. The molecule has 0 radical (unpaired) electrons. The van der Waals surface area contributed by atoms with E-state index in [1.807, 2.05) is 12.1 Å². The van der Waals surface area contributed by atoms with Gasteiger partial charge < -0.3 is 19.9 Å². The molecule has 1 aromatic rings. The number of fused-ring (bicyclic) bond motifs is 5. The molecule has 0 amide bonds. The maximum absolute atomic E-state index is 13.0. The Morgan fingerprint density at radius 3 is 2.31 bits per heavy atom. The van der Waals surface area contributed by atoms with Gasteiger partial charge in [0, 0.05) is 28.7 Å². The maximum Gasteiger partial charge on any atom is 0.514 e. The van der Waals surface area contributed by atoms with Crippen molar-refractivity contribution in [1.29, 1.82) is 0 Å². The molecule has 4 aliphatic rings. The second kappa shape index (κ2) is 18.7. The first-order valence-electron chi connectivity index (χ1n) is 19.0. The summed E-state index contributed by atoms with van der Waals surface area (Å²) in [6, 6.07) is 6.12. The van der Waals surface area contributed by atoms with Crippen LogP contribution in [0.2, 0.25) is 0 Å². The normalized spacial score (nSPS) is 28.6. The third-order valence-electron chi connectivity index (χ3n) is 12.3. The molecule has 1 aromatic carbocycles. The molecule has 6 nitrogen and oxygen atoms in total. The van der Waals surface area contributed by atoms with E-state index in [1.54, 1.807) is 0 Å². The fraction of sp³-hybridized carbons (Fsp3) is 0.816. The topological polar surface area (TPSA) is 84.9 Å². The predicted octanol–water partition coefficient (Wildman–Crippen LogP) is 9.67.